The van der Waals surface area contributed by atoms with E-state index >= 15 is 0 Å². The first-order valence-electron chi connectivity index (χ1n) is 6.78. The summed E-state index contributed by atoms with van der Waals surface area (Å²) in [5, 5.41) is 6.28. The largest absolute Gasteiger partial charge is 0.460 e. The van der Waals surface area contributed by atoms with Gasteiger partial charge in [0.1, 0.15) is 11.5 Å². The molecule has 0 unspecified atom stereocenters. The molecule has 6 nitrogen and oxygen atoms in total. The maximum absolute atomic E-state index is 11.9. The number of hydrogen-bond donors (Lipinski definition) is 2. The van der Waals surface area contributed by atoms with Crippen LogP contribution in [0.1, 0.15) is 27.4 Å². The van der Waals surface area contributed by atoms with Gasteiger partial charge in [-0.3, -0.25) is 9.59 Å². The molecule has 0 saturated carbocycles. The second-order valence-electron chi connectivity index (χ2n) is 4.79. The fraction of sp³-hybridized carbons (Fsp3) is 0.188. The molecule has 2 rings (SSSR count). The van der Waals surface area contributed by atoms with Crippen LogP contribution in [0.4, 0.5) is 0 Å². The van der Waals surface area contributed by atoms with Crippen LogP contribution < -0.4 is 10.7 Å². The Morgan fingerprint density at radius 3 is 2.73 bits per heavy atom. The topological polar surface area (TPSA) is 83.7 Å². The summed E-state index contributed by atoms with van der Waals surface area (Å²) >= 11 is 0. The molecule has 0 atom stereocenters. The van der Waals surface area contributed by atoms with Gasteiger partial charge in [-0.15, -0.1) is 0 Å². The van der Waals surface area contributed by atoms with Crippen molar-refractivity contribution in [3.8, 4) is 0 Å². The smallest absolute Gasteiger partial charge is 0.259 e. The third kappa shape index (κ3) is 4.59. The van der Waals surface area contributed by atoms with Gasteiger partial charge in [0.25, 0.3) is 11.8 Å². The van der Waals surface area contributed by atoms with Gasteiger partial charge in [-0.05, 0) is 38.1 Å². The molecule has 1 aromatic carbocycles. The van der Waals surface area contributed by atoms with Gasteiger partial charge in [0.15, 0.2) is 0 Å². The van der Waals surface area contributed by atoms with Gasteiger partial charge in [-0.1, -0.05) is 17.7 Å². The second kappa shape index (κ2) is 7.21. The molecule has 2 amide bonds. The van der Waals surface area contributed by atoms with Crippen LogP contribution in [0.3, 0.4) is 0 Å². The Hall–Kier alpha value is -2.89. The van der Waals surface area contributed by atoms with Gasteiger partial charge in [-0.25, -0.2) is 5.43 Å². The van der Waals surface area contributed by atoms with Crippen molar-refractivity contribution < 1.29 is 14.0 Å². The first-order chi connectivity index (χ1) is 10.5. The lowest BCUT2D eigenvalue weighted by Gasteiger charge is -2.04. The molecule has 6 heteroatoms. The Morgan fingerprint density at radius 2 is 2.05 bits per heavy atom. The van der Waals surface area contributed by atoms with Crippen LogP contribution in [0, 0.1) is 13.8 Å². The molecular formula is C16H17N3O3. The number of amides is 2. The number of hydrazone groups is 1. The summed E-state index contributed by atoms with van der Waals surface area (Å²) in [6.45, 7) is 3.56. The van der Waals surface area contributed by atoms with Crippen molar-refractivity contribution in [2.24, 2.45) is 5.10 Å². The molecule has 22 heavy (non-hydrogen) atoms. The van der Waals surface area contributed by atoms with Crippen LogP contribution in [0.5, 0.6) is 0 Å². The van der Waals surface area contributed by atoms with E-state index in [4.69, 9.17) is 4.42 Å². The van der Waals surface area contributed by atoms with E-state index in [0.717, 1.165) is 11.3 Å². The third-order valence-corrected chi connectivity index (χ3v) is 2.83. The molecule has 0 radical (unpaired) electrons. The average Bonchev–Trinajstić information content (AvgIpc) is 2.90. The Kier molecular flexibility index (Phi) is 5.08. The molecule has 0 spiro atoms. The van der Waals surface area contributed by atoms with Gasteiger partial charge in [0, 0.05) is 5.56 Å². The normalized spacial score (nSPS) is 10.6. The van der Waals surface area contributed by atoms with Gasteiger partial charge in [0.05, 0.1) is 12.8 Å². The van der Waals surface area contributed by atoms with E-state index in [0.29, 0.717) is 11.3 Å². The van der Waals surface area contributed by atoms with Crippen molar-refractivity contribution in [2.75, 3.05) is 6.54 Å². The zero-order chi connectivity index (χ0) is 15.9. The van der Waals surface area contributed by atoms with Crippen molar-refractivity contribution in [1.29, 1.82) is 0 Å². The highest BCUT2D eigenvalue weighted by Crippen LogP contribution is 2.03. The molecule has 0 aliphatic heterocycles. The molecule has 0 saturated heterocycles. The van der Waals surface area contributed by atoms with Gasteiger partial charge < -0.3 is 9.73 Å². The van der Waals surface area contributed by atoms with Gasteiger partial charge in [0.2, 0.25) is 0 Å². The van der Waals surface area contributed by atoms with Crippen LogP contribution >= 0.6 is 0 Å². The molecule has 1 heterocycles. The van der Waals surface area contributed by atoms with Crippen molar-refractivity contribution in [3.63, 3.8) is 0 Å². The molecule has 2 aromatic rings. The van der Waals surface area contributed by atoms with Crippen molar-refractivity contribution >= 4 is 18.0 Å². The summed E-state index contributed by atoms with van der Waals surface area (Å²) in [7, 11) is 0. The molecule has 0 aliphatic carbocycles. The number of furan rings is 1. The Balaban J connectivity index is 1.78. The standard InChI is InChI=1S/C16H17N3O3/c1-11-4-3-5-13(8-11)16(21)17-10-15(20)19-18-9-14-7-6-12(2)22-14/h3-9H,10H2,1-2H3,(H,17,21)(H,19,20)/b18-9-. The van der Waals surface area contributed by atoms with E-state index in [1.807, 2.05) is 19.9 Å². The van der Waals surface area contributed by atoms with Crippen LogP contribution in [-0.2, 0) is 4.79 Å². The number of aryl methyl sites for hydroxylation is 2. The van der Waals surface area contributed by atoms with Gasteiger partial charge in [-0.2, -0.15) is 5.10 Å². The monoisotopic (exact) mass is 299 g/mol. The van der Waals surface area contributed by atoms with E-state index in [-0.39, 0.29) is 12.5 Å². The van der Waals surface area contributed by atoms with E-state index in [1.165, 1.54) is 6.21 Å². The highest BCUT2D eigenvalue weighted by molar-refractivity contribution is 5.96. The fourth-order valence-corrected chi connectivity index (χ4v) is 1.78. The van der Waals surface area contributed by atoms with Crippen molar-refractivity contribution in [3.05, 3.63) is 59.0 Å². The predicted molar refractivity (Wildman–Crippen MR) is 82.7 cm³/mol. The van der Waals surface area contributed by atoms with Crippen LogP contribution in [0.15, 0.2) is 45.9 Å². The molecule has 0 fully saturated rings. The minimum Gasteiger partial charge on any atom is -0.460 e. The summed E-state index contributed by atoms with van der Waals surface area (Å²) < 4.78 is 5.26. The van der Waals surface area contributed by atoms with Gasteiger partial charge >= 0.3 is 0 Å². The number of nitrogens with zero attached hydrogens (tertiary/aromatic N) is 1. The second-order valence-corrected chi connectivity index (χ2v) is 4.79. The summed E-state index contributed by atoms with van der Waals surface area (Å²) in [4.78, 5) is 23.4. The summed E-state index contributed by atoms with van der Waals surface area (Å²) in [5.74, 6) is 0.588. The number of hydrogen-bond acceptors (Lipinski definition) is 4. The van der Waals surface area contributed by atoms with E-state index in [2.05, 4.69) is 15.8 Å². The number of carbonyl (C=O) groups is 2. The zero-order valence-electron chi connectivity index (χ0n) is 12.4. The lowest BCUT2D eigenvalue weighted by molar-refractivity contribution is -0.120. The van der Waals surface area contributed by atoms with Crippen molar-refractivity contribution in [2.45, 2.75) is 13.8 Å². The predicted octanol–water partition coefficient (Wildman–Crippen LogP) is 1.78. The highest BCUT2D eigenvalue weighted by atomic mass is 16.3. The SMILES string of the molecule is Cc1cccc(C(=O)NCC(=O)N/N=C\c2ccc(C)o2)c1. The quantitative estimate of drug-likeness (QED) is 0.652. The number of benzene rings is 1. The lowest BCUT2D eigenvalue weighted by Crippen LogP contribution is -2.34. The Bertz CT molecular complexity index is 704. The molecule has 1 aromatic heterocycles. The molecule has 0 bridgehead atoms. The van der Waals surface area contributed by atoms with E-state index in [9.17, 15) is 9.59 Å². The fourth-order valence-electron chi connectivity index (χ4n) is 1.78. The average molecular weight is 299 g/mol. The summed E-state index contributed by atoms with van der Waals surface area (Å²) in [5.41, 5.74) is 3.81. The number of carbonyl (C=O) groups excluding carboxylic acids is 2. The van der Waals surface area contributed by atoms with E-state index in [1.54, 1.807) is 30.3 Å². The molecular weight excluding hydrogens is 282 g/mol. The first kappa shape index (κ1) is 15.5. The zero-order valence-corrected chi connectivity index (χ0v) is 12.4. The Morgan fingerprint density at radius 1 is 1.23 bits per heavy atom. The minimum absolute atomic E-state index is 0.151. The van der Waals surface area contributed by atoms with Crippen LogP contribution in [0.25, 0.3) is 0 Å². The minimum atomic E-state index is -0.416. The summed E-state index contributed by atoms with van der Waals surface area (Å²) in [6.07, 6.45) is 1.40. The molecule has 0 aliphatic rings. The van der Waals surface area contributed by atoms with Crippen LogP contribution in [-0.4, -0.2) is 24.6 Å². The van der Waals surface area contributed by atoms with Crippen molar-refractivity contribution in [1.82, 2.24) is 10.7 Å². The van der Waals surface area contributed by atoms with Crippen LogP contribution in [0.2, 0.25) is 0 Å². The number of rotatable bonds is 5. The molecule has 114 valence electrons. The first-order valence-corrected chi connectivity index (χ1v) is 6.78. The maximum atomic E-state index is 11.9. The number of nitrogens with one attached hydrogen (secondary N) is 2. The maximum Gasteiger partial charge on any atom is 0.259 e. The molecule has 2 N–H and O–H groups in total. The van der Waals surface area contributed by atoms with E-state index < -0.39 is 5.91 Å². The highest BCUT2D eigenvalue weighted by Gasteiger charge is 2.07. The Labute approximate surface area is 128 Å². The third-order valence-electron chi connectivity index (χ3n) is 2.83. The summed E-state index contributed by atoms with van der Waals surface area (Å²) in [6, 6.07) is 10.7. The lowest BCUT2D eigenvalue weighted by atomic mass is 10.1.